The molecule has 0 aromatic heterocycles. The second-order valence-electron chi connectivity index (χ2n) is 2.66. The molecule has 1 aromatic carbocycles. The molecule has 0 atom stereocenters. The molecule has 76 valence electrons. The standard InChI is InChI=1S/C11H14O3/c1-4-9-7-10(13-3)5-6-11(9)14-8-12-2/h4-7H,1,8H2,2-3H3. The van der Waals surface area contributed by atoms with Gasteiger partial charge in [0.05, 0.1) is 7.11 Å². The van der Waals surface area contributed by atoms with Crippen LogP contribution in [0.25, 0.3) is 6.08 Å². The van der Waals surface area contributed by atoms with E-state index in [4.69, 9.17) is 14.2 Å². The maximum Gasteiger partial charge on any atom is 0.188 e. The molecule has 3 heteroatoms. The third-order valence-corrected chi connectivity index (χ3v) is 1.77. The lowest BCUT2D eigenvalue weighted by Crippen LogP contribution is -2.00. The first-order chi connectivity index (χ1) is 6.81. The molecule has 0 bridgehead atoms. The Labute approximate surface area is 83.9 Å². The van der Waals surface area contributed by atoms with Crippen molar-refractivity contribution < 1.29 is 14.2 Å². The fourth-order valence-corrected chi connectivity index (χ4v) is 1.07. The van der Waals surface area contributed by atoms with Gasteiger partial charge in [-0.1, -0.05) is 12.7 Å². The minimum Gasteiger partial charge on any atom is -0.497 e. The van der Waals surface area contributed by atoms with Crippen molar-refractivity contribution in [3.8, 4) is 11.5 Å². The summed E-state index contributed by atoms with van der Waals surface area (Å²) in [5, 5.41) is 0. The van der Waals surface area contributed by atoms with Crippen molar-refractivity contribution in [3.63, 3.8) is 0 Å². The van der Waals surface area contributed by atoms with Gasteiger partial charge in [-0.15, -0.1) is 0 Å². The quantitative estimate of drug-likeness (QED) is 0.673. The van der Waals surface area contributed by atoms with E-state index >= 15 is 0 Å². The van der Waals surface area contributed by atoms with Crippen LogP contribution in [0.15, 0.2) is 24.8 Å². The molecule has 0 amide bonds. The van der Waals surface area contributed by atoms with Gasteiger partial charge in [-0.25, -0.2) is 0 Å². The lowest BCUT2D eigenvalue weighted by atomic mass is 10.2. The fraction of sp³-hybridized carbons (Fsp3) is 0.273. The molecule has 3 nitrogen and oxygen atoms in total. The summed E-state index contributed by atoms with van der Waals surface area (Å²) in [6.07, 6.45) is 1.72. The van der Waals surface area contributed by atoms with Crippen molar-refractivity contribution in [2.24, 2.45) is 0 Å². The van der Waals surface area contributed by atoms with Crippen molar-refractivity contribution in [3.05, 3.63) is 30.3 Å². The molecule has 14 heavy (non-hydrogen) atoms. The third-order valence-electron chi connectivity index (χ3n) is 1.77. The van der Waals surface area contributed by atoms with Gasteiger partial charge in [0.1, 0.15) is 11.5 Å². The van der Waals surface area contributed by atoms with Gasteiger partial charge in [-0.05, 0) is 18.2 Å². The average Bonchev–Trinajstić information content (AvgIpc) is 2.26. The first kappa shape index (κ1) is 10.6. The first-order valence-corrected chi connectivity index (χ1v) is 4.24. The summed E-state index contributed by atoms with van der Waals surface area (Å²) >= 11 is 0. The average molecular weight is 194 g/mol. The number of rotatable bonds is 5. The van der Waals surface area contributed by atoms with Crippen molar-refractivity contribution in [2.75, 3.05) is 21.0 Å². The summed E-state index contributed by atoms with van der Waals surface area (Å²) in [5.41, 5.74) is 0.890. The topological polar surface area (TPSA) is 27.7 Å². The van der Waals surface area contributed by atoms with Gasteiger partial charge in [0.2, 0.25) is 0 Å². The molecule has 0 aliphatic carbocycles. The van der Waals surface area contributed by atoms with Crippen molar-refractivity contribution in [1.82, 2.24) is 0 Å². The van der Waals surface area contributed by atoms with Crippen LogP contribution in [0.4, 0.5) is 0 Å². The predicted octanol–water partition coefficient (Wildman–Crippen LogP) is 2.32. The van der Waals surface area contributed by atoms with Crippen LogP contribution in [0.5, 0.6) is 11.5 Å². The van der Waals surface area contributed by atoms with Crippen LogP contribution < -0.4 is 9.47 Å². The number of methoxy groups -OCH3 is 2. The molecule has 0 radical (unpaired) electrons. The van der Waals surface area contributed by atoms with Crippen LogP contribution in [0.1, 0.15) is 5.56 Å². The van der Waals surface area contributed by atoms with Crippen molar-refractivity contribution in [2.45, 2.75) is 0 Å². The molecule has 0 unspecified atom stereocenters. The number of hydrogen-bond acceptors (Lipinski definition) is 3. The van der Waals surface area contributed by atoms with Crippen LogP contribution >= 0.6 is 0 Å². The summed E-state index contributed by atoms with van der Waals surface area (Å²) < 4.78 is 15.2. The Kier molecular flexibility index (Phi) is 4.01. The summed E-state index contributed by atoms with van der Waals surface area (Å²) in [5.74, 6) is 1.52. The van der Waals surface area contributed by atoms with Gasteiger partial charge in [0, 0.05) is 12.7 Å². The Hall–Kier alpha value is -1.48. The monoisotopic (exact) mass is 194 g/mol. The second-order valence-corrected chi connectivity index (χ2v) is 2.66. The second kappa shape index (κ2) is 5.29. The first-order valence-electron chi connectivity index (χ1n) is 4.24. The minimum atomic E-state index is 0.229. The summed E-state index contributed by atoms with van der Waals surface area (Å²) in [6.45, 7) is 3.93. The molecule has 0 N–H and O–H groups in total. The summed E-state index contributed by atoms with van der Waals surface area (Å²) in [6, 6.07) is 5.52. The van der Waals surface area contributed by atoms with E-state index in [-0.39, 0.29) is 6.79 Å². The lowest BCUT2D eigenvalue weighted by molar-refractivity contribution is 0.0509. The van der Waals surface area contributed by atoms with Crippen LogP contribution in [0.3, 0.4) is 0 Å². The largest absolute Gasteiger partial charge is 0.497 e. The highest BCUT2D eigenvalue weighted by Gasteiger charge is 2.01. The van der Waals surface area contributed by atoms with E-state index in [1.165, 1.54) is 0 Å². The van der Waals surface area contributed by atoms with E-state index in [1.54, 1.807) is 20.3 Å². The van der Waals surface area contributed by atoms with E-state index < -0.39 is 0 Å². The SMILES string of the molecule is C=Cc1cc(OC)ccc1OCOC. The van der Waals surface area contributed by atoms with E-state index in [0.29, 0.717) is 0 Å². The van der Waals surface area contributed by atoms with Gasteiger partial charge in [-0.2, -0.15) is 0 Å². The van der Waals surface area contributed by atoms with E-state index in [9.17, 15) is 0 Å². The van der Waals surface area contributed by atoms with Crippen LogP contribution in [-0.2, 0) is 4.74 Å². The van der Waals surface area contributed by atoms with E-state index in [1.807, 2.05) is 18.2 Å². The van der Waals surface area contributed by atoms with E-state index in [0.717, 1.165) is 17.1 Å². The van der Waals surface area contributed by atoms with Crippen LogP contribution in [0, 0.1) is 0 Å². The zero-order valence-corrected chi connectivity index (χ0v) is 8.45. The maximum atomic E-state index is 5.33. The molecule has 1 aromatic rings. The zero-order chi connectivity index (χ0) is 10.4. The molecule has 0 aliphatic rings. The Balaban J connectivity index is 2.87. The Morgan fingerprint density at radius 1 is 1.36 bits per heavy atom. The summed E-state index contributed by atoms with van der Waals surface area (Å²) in [4.78, 5) is 0. The van der Waals surface area contributed by atoms with Gasteiger partial charge < -0.3 is 14.2 Å². The molecule has 0 saturated carbocycles. The molecule has 0 aliphatic heterocycles. The lowest BCUT2D eigenvalue weighted by Gasteiger charge is -2.09. The molecular formula is C11H14O3. The van der Waals surface area contributed by atoms with Gasteiger partial charge in [-0.3, -0.25) is 0 Å². The van der Waals surface area contributed by atoms with Crippen LogP contribution in [-0.4, -0.2) is 21.0 Å². The molecule has 0 saturated heterocycles. The predicted molar refractivity (Wildman–Crippen MR) is 55.6 cm³/mol. The molecule has 0 heterocycles. The van der Waals surface area contributed by atoms with Gasteiger partial charge >= 0.3 is 0 Å². The Morgan fingerprint density at radius 3 is 2.71 bits per heavy atom. The maximum absolute atomic E-state index is 5.33. The minimum absolute atomic E-state index is 0.229. The molecule has 0 fully saturated rings. The number of benzene rings is 1. The Bertz CT molecular complexity index is 307. The van der Waals surface area contributed by atoms with Gasteiger partial charge in [0.15, 0.2) is 6.79 Å². The van der Waals surface area contributed by atoms with Gasteiger partial charge in [0.25, 0.3) is 0 Å². The fourth-order valence-electron chi connectivity index (χ4n) is 1.07. The highest BCUT2D eigenvalue weighted by molar-refractivity contribution is 5.58. The molecule has 1 rings (SSSR count). The van der Waals surface area contributed by atoms with Crippen molar-refractivity contribution in [1.29, 1.82) is 0 Å². The summed E-state index contributed by atoms with van der Waals surface area (Å²) in [7, 11) is 3.20. The highest BCUT2D eigenvalue weighted by Crippen LogP contribution is 2.24. The van der Waals surface area contributed by atoms with Crippen molar-refractivity contribution >= 4 is 6.08 Å². The normalized spacial score (nSPS) is 9.57. The highest BCUT2D eigenvalue weighted by atomic mass is 16.7. The molecule has 0 spiro atoms. The molecular weight excluding hydrogens is 180 g/mol. The smallest absolute Gasteiger partial charge is 0.188 e. The van der Waals surface area contributed by atoms with Crippen LogP contribution in [0.2, 0.25) is 0 Å². The third kappa shape index (κ3) is 2.50. The number of ether oxygens (including phenoxy) is 3. The zero-order valence-electron chi connectivity index (χ0n) is 8.45. The Morgan fingerprint density at radius 2 is 2.14 bits per heavy atom. The van der Waals surface area contributed by atoms with E-state index in [2.05, 4.69) is 6.58 Å². The number of hydrogen-bond donors (Lipinski definition) is 0.